The molecule has 1 aliphatic rings. The number of carbonyl (C=O) groups excluding carboxylic acids is 2. The Morgan fingerprint density at radius 3 is 2.50 bits per heavy atom. The predicted molar refractivity (Wildman–Crippen MR) is 116 cm³/mol. The van der Waals surface area contributed by atoms with Gasteiger partial charge >= 0.3 is 5.97 Å². The fourth-order valence-corrected chi connectivity index (χ4v) is 4.07. The van der Waals surface area contributed by atoms with Gasteiger partial charge in [0.05, 0.1) is 23.1 Å². The molecular formula is C22H26N2O7S. The highest BCUT2D eigenvalue weighted by molar-refractivity contribution is 7.89. The van der Waals surface area contributed by atoms with Gasteiger partial charge in [0.15, 0.2) is 6.61 Å². The Balaban J connectivity index is 1.38. The fraction of sp³-hybridized carbons (Fsp3) is 0.364. The lowest BCUT2D eigenvalue weighted by Gasteiger charge is -2.11. The van der Waals surface area contributed by atoms with E-state index in [1.807, 2.05) is 18.2 Å². The predicted octanol–water partition coefficient (Wildman–Crippen LogP) is 1.50. The highest BCUT2D eigenvalue weighted by Crippen LogP contribution is 2.14. The zero-order valence-corrected chi connectivity index (χ0v) is 18.3. The van der Waals surface area contributed by atoms with Crippen molar-refractivity contribution < 1.29 is 32.2 Å². The minimum atomic E-state index is -3.71. The first-order valence-corrected chi connectivity index (χ1v) is 11.8. The molecule has 3 rings (SSSR count). The van der Waals surface area contributed by atoms with Gasteiger partial charge in [-0.1, -0.05) is 18.2 Å². The van der Waals surface area contributed by atoms with Crippen LogP contribution in [-0.4, -0.2) is 59.3 Å². The van der Waals surface area contributed by atoms with Crippen LogP contribution in [0.2, 0.25) is 0 Å². The van der Waals surface area contributed by atoms with Crippen molar-refractivity contribution in [2.24, 2.45) is 0 Å². The molecule has 1 atom stereocenters. The van der Waals surface area contributed by atoms with E-state index in [0.717, 1.165) is 12.8 Å². The average Bonchev–Trinajstić information content (AvgIpc) is 3.34. The molecular weight excluding hydrogens is 436 g/mol. The van der Waals surface area contributed by atoms with E-state index in [4.69, 9.17) is 14.2 Å². The molecule has 1 unspecified atom stereocenters. The van der Waals surface area contributed by atoms with Crippen LogP contribution >= 0.6 is 0 Å². The van der Waals surface area contributed by atoms with E-state index >= 15 is 0 Å². The number of carbonyl (C=O) groups is 2. The summed E-state index contributed by atoms with van der Waals surface area (Å²) in [5, 5.41) is 2.59. The number of esters is 1. The maximum absolute atomic E-state index is 12.4. The van der Waals surface area contributed by atoms with Gasteiger partial charge in [0, 0.05) is 13.2 Å². The molecule has 1 saturated heterocycles. The Kier molecular flexibility index (Phi) is 8.60. The lowest BCUT2D eigenvalue weighted by atomic mass is 10.2. The smallest absolute Gasteiger partial charge is 0.338 e. The van der Waals surface area contributed by atoms with Crippen LogP contribution in [0, 0.1) is 0 Å². The second-order valence-electron chi connectivity index (χ2n) is 7.10. The first kappa shape index (κ1) is 23.7. The Morgan fingerprint density at radius 1 is 1.06 bits per heavy atom. The summed E-state index contributed by atoms with van der Waals surface area (Å²) in [4.78, 5) is 24.0. The lowest BCUT2D eigenvalue weighted by Crippen LogP contribution is -2.32. The third kappa shape index (κ3) is 7.33. The molecule has 0 aromatic heterocycles. The SMILES string of the molecule is O=C(COC(=O)c1ccc(S(=O)(=O)NCC2CCCO2)cc1)NCCOc1ccccc1. The first-order valence-electron chi connectivity index (χ1n) is 10.3. The minimum absolute atomic E-state index is 0.0307. The number of hydrogen-bond donors (Lipinski definition) is 2. The topological polar surface area (TPSA) is 120 Å². The highest BCUT2D eigenvalue weighted by Gasteiger charge is 2.20. The van der Waals surface area contributed by atoms with Crippen molar-refractivity contribution in [3.8, 4) is 5.75 Å². The van der Waals surface area contributed by atoms with Crippen molar-refractivity contribution in [3.05, 3.63) is 60.2 Å². The van der Waals surface area contributed by atoms with Gasteiger partial charge < -0.3 is 19.5 Å². The van der Waals surface area contributed by atoms with Gasteiger partial charge in [-0.25, -0.2) is 17.9 Å². The molecule has 0 radical (unpaired) electrons. The van der Waals surface area contributed by atoms with E-state index in [9.17, 15) is 18.0 Å². The molecule has 10 heteroatoms. The quantitative estimate of drug-likeness (QED) is 0.383. The van der Waals surface area contributed by atoms with Crippen LogP contribution < -0.4 is 14.8 Å². The average molecular weight is 463 g/mol. The number of amides is 1. The van der Waals surface area contributed by atoms with Crippen LogP contribution in [0.4, 0.5) is 0 Å². The molecule has 0 bridgehead atoms. The minimum Gasteiger partial charge on any atom is -0.492 e. The summed E-state index contributed by atoms with van der Waals surface area (Å²) in [6, 6.07) is 14.5. The molecule has 1 fully saturated rings. The highest BCUT2D eigenvalue weighted by atomic mass is 32.2. The Hall–Kier alpha value is -2.95. The molecule has 1 amide bonds. The molecule has 2 aromatic rings. The summed E-state index contributed by atoms with van der Waals surface area (Å²) in [7, 11) is -3.71. The number of hydrogen-bond acceptors (Lipinski definition) is 7. The number of para-hydroxylation sites is 1. The number of ether oxygens (including phenoxy) is 3. The third-order valence-corrected chi connectivity index (χ3v) is 6.14. The second-order valence-corrected chi connectivity index (χ2v) is 8.87. The van der Waals surface area contributed by atoms with E-state index in [1.165, 1.54) is 24.3 Å². The van der Waals surface area contributed by atoms with Crippen molar-refractivity contribution in [3.63, 3.8) is 0 Å². The first-order chi connectivity index (χ1) is 15.4. The van der Waals surface area contributed by atoms with Crippen LogP contribution in [0.5, 0.6) is 5.75 Å². The summed E-state index contributed by atoms with van der Waals surface area (Å²) in [5.74, 6) is -0.495. The molecule has 172 valence electrons. The van der Waals surface area contributed by atoms with E-state index < -0.39 is 28.5 Å². The van der Waals surface area contributed by atoms with Gasteiger partial charge in [-0.05, 0) is 49.2 Å². The van der Waals surface area contributed by atoms with E-state index in [2.05, 4.69) is 10.0 Å². The van der Waals surface area contributed by atoms with E-state index in [1.54, 1.807) is 12.1 Å². The molecule has 2 N–H and O–H groups in total. The Labute approximate surface area is 187 Å². The van der Waals surface area contributed by atoms with Gasteiger partial charge in [-0.2, -0.15) is 0 Å². The summed E-state index contributed by atoms with van der Waals surface area (Å²) in [6.45, 7) is 0.935. The van der Waals surface area contributed by atoms with E-state index in [0.29, 0.717) is 12.4 Å². The van der Waals surface area contributed by atoms with Crippen molar-refractivity contribution >= 4 is 21.9 Å². The summed E-state index contributed by atoms with van der Waals surface area (Å²) in [6.07, 6.45) is 1.62. The van der Waals surface area contributed by atoms with Crippen LogP contribution in [0.3, 0.4) is 0 Å². The molecule has 32 heavy (non-hydrogen) atoms. The largest absolute Gasteiger partial charge is 0.492 e. The van der Waals surface area contributed by atoms with Crippen LogP contribution in [0.25, 0.3) is 0 Å². The molecule has 9 nitrogen and oxygen atoms in total. The van der Waals surface area contributed by atoms with Gasteiger partial charge in [-0.15, -0.1) is 0 Å². The number of nitrogens with one attached hydrogen (secondary N) is 2. The number of benzene rings is 2. The standard InChI is InChI=1S/C22H26N2O7S/c25-21(23-12-14-30-18-5-2-1-3-6-18)16-31-22(26)17-8-10-20(11-9-17)32(27,28)24-15-19-7-4-13-29-19/h1-3,5-6,8-11,19,24H,4,7,12-16H2,(H,23,25). The van der Waals surface area contributed by atoms with E-state index in [-0.39, 0.29) is 36.3 Å². The number of rotatable bonds is 11. The van der Waals surface area contributed by atoms with Crippen molar-refractivity contribution in [1.29, 1.82) is 0 Å². The fourth-order valence-electron chi connectivity index (χ4n) is 3.00. The summed E-state index contributed by atoms with van der Waals surface area (Å²) >= 11 is 0. The molecule has 1 heterocycles. The maximum Gasteiger partial charge on any atom is 0.338 e. The Morgan fingerprint density at radius 2 is 1.81 bits per heavy atom. The van der Waals surface area contributed by atoms with Gasteiger partial charge in [0.1, 0.15) is 12.4 Å². The number of sulfonamides is 1. The van der Waals surface area contributed by atoms with Gasteiger partial charge in [0.25, 0.3) is 5.91 Å². The molecule has 1 aliphatic heterocycles. The molecule has 2 aromatic carbocycles. The van der Waals surface area contributed by atoms with Gasteiger partial charge in [0.2, 0.25) is 10.0 Å². The Bertz CT molecular complexity index is 989. The van der Waals surface area contributed by atoms with Crippen LogP contribution in [-0.2, 0) is 24.3 Å². The second kappa shape index (κ2) is 11.6. The molecule has 0 saturated carbocycles. The molecule has 0 aliphatic carbocycles. The van der Waals surface area contributed by atoms with Crippen LogP contribution in [0.15, 0.2) is 59.5 Å². The zero-order valence-electron chi connectivity index (χ0n) is 17.5. The maximum atomic E-state index is 12.4. The lowest BCUT2D eigenvalue weighted by molar-refractivity contribution is -0.124. The van der Waals surface area contributed by atoms with Crippen LogP contribution in [0.1, 0.15) is 23.2 Å². The van der Waals surface area contributed by atoms with Crippen molar-refractivity contribution in [1.82, 2.24) is 10.0 Å². The normalized spacial score (nSPS) is 15.8. The zero-order chi connectivity index (χ0) is 22.8. The van der Waals surface area contributed by atoms with Gasteiger partial charge in [-0.3, -0.25) is 4.79 Å². The third-order valence-electron chi connectivity index (χ3n) is 4.70. The monoisotopic (exact) mass is 462 g/mol. The molecule has 0 spiro atoms. The summed E-state index contributed by atoms with van der Waals surface area (Å²) in [5.41, 5.74) is 0.142. The summed E-state index contributed by atoms with van der Waals surface area (Å²) < 4.78 is 43.0. The van der Waals surface area contributed by atoms with Crippen molar-refractivity contribution in [2.45, 2.75) is 23.8 Å². The van der Waals surface area contributed by atoms with Crippen molar-refractivity contribution in [2.75, 3.05) is 32.9 Å².